The molecule has 242 valence electrons. The maximum Gasteiger partial charge on any atom is 0.264 e. The van der Waals surface area contributed by atoms with Gasteiger partial charge >= 0.3 is 0 Å². The molecule has 4 rings (SSSR count). The largest absolute Gasteiger partial charge is 0.354 e. The SMILES string of the molecule is CCCCNC(=O)[C@H](Cc1ccccc1)N(Cc1ccc(Cl)cc1Cl)C(=O)CN(c1ccc(C)c(Cl)c1)S(=O)(=O)c1ccccc1. The Morgan fingerprint density at radius 3 is 2.15 bits per heavy atom. The number of nitrogens with one attached hydrogen (secondary N) is 1. The lowest BCUT2D eigenvalue weighted by atomic mass is 10.0. The first-order chi connectivity index (χ1) is 22.0. The summed E-state index contributed by atoms with van der Waals surface area (Å²) in [6.45, 7) is 3.58. The predicted molar refractivity (Wildman–Crippen MR) is 186 cm³/mol. The Morgan fingerprint density at radius 1 is 0.848 bits per heavy atom. The van der Waals surface area contributed by atoms with Crippen molar-refractivity contribution >= 4 is 62.3 Å². The molecule has 0 aliphatic rings. The first-order valence-corrected chi connectivity index (χ1v) is 17.5. The zero-order valence-electron chi connectivity index (χ0n) is 25.6. The van der Waals surface area contributed by atoms with Crippen molar-refractivity contribution in [2.75, 3.05) is 17.4 Å². The number of sulfonamides is 1. The maximum absolute atomic E-state index is 14.5. The molecule has 4 aromatic carbocycles. The van der Waals surface area contributed by atoms with E-state index in [1.807, 2.05) is 37.3 Å². The van der Waals surface area contributed by atoms with Gasteiger partial charge in [-0.25, -0.2) is 8.42 Å². The molecule has 4 aromatic rings. The number of nitrogens with zero attached hydrogens (tertiary/aromatic N) is 2. The van der Waals surface area contributed by atoms with Gasteiger partial charge in [0.05, 0.1) is 10.6 Å². The lowest BCUT2D eigenvalue weighted by Gasteiger charge is -2.34. The van der Waals surface area contributed by atoms with Gasteiger partial charge in [0.2, 0.25) is 11.8 Å². The smallest absolute Gasteiger partial charge is 0.264 e. The van der Waals surface area contributed by atoms with Crippen molar-refractivity contribution < 1.29 is 18.0 Å². The molecule has 0 saturated heterocycles. The minimum Gasteiger partial charge on any atom is -0.354 e. The number of carbonyl (C=O) groups excluding carboxylic acids is 2. The molecule has 0 heterocycles. The molecule has 0 aliphatic heterocycles. The third kappa shape index (κ3) is 9.04. The Labute approximate surface area is 286 Å². The van der Waals surface area contributed by atoms with Crippen LogP contribution >= 0.6 is 34.8 Å². The normalized spacial score (nSPS) is 11.9. The summed E-state index contributed by atoms with van der Waals surface area (Å²) in [4.78, 5) is 29.8. The van der Waals surface area contributed by atoms with Crippen LogP contribution in [-0.4, -0.2) is 44.3 Å². The third-order valence-corrected chi connectivity index (χ3v) is 10.3. The average Bonchev–Trinajstić information content (AvgIpc) is 3.04. The predicted octanol–water partition coefficient (Wildman–Crippen LogP) is 7.71. The number of hydrogen-bond acceptors (Lipinski definition) is 4. The molecule has 0 fully saturated rings. The molecule has 2 amide bonds. The second-order valence-electron chi connectivity index (χ2n) is 10.9. The van der Waals surface area contributed by atoms with Crippen molar-refractivity contribution in [1.29, 1.82) is 0 Å². The van der Waals surface area contributed by atoms with E-state index in [1.165, 1.54) is 23.1 Å². The fourth-order valence-corrected chi connectivity index (χ4v) is 6.95. The van der Waals surface area contributed by atoms with Gasteiger partial charge in [0.1, 0.15) is 12.6 Å². The molecule has 0 bridgehead atoms. The molecule has 0 spiro atoms. The topological polar surface area (TPSA) is 86.8 Å². The van der Waals surface area contributed by atoms with E-state index in [1.54, 1.807) is 55.5 Å². The van der Waals surface area contributed by atoms with E-state index in [9.17, 15) is 18.0 Å². The highest BCUT2D eigenvalue weighted by atomic mass is 35.5. The van der Waals surface area contributed by atoms with Crippen LogP contribution < -0.4 is 9.62 Å². The van der Waals surface area contributed by atoms with Gasteiger partial charge in [-0.2, -0.15) is 0 Å². The molecule has 11 heteroatoms. The summed E-state index contributed by atoms with van der Waals surface area (Å²) < 4.78 is 29.2. The standard InChI is InChI=1S/C35H36Cl3N3O4S/c1-3-4-19-39-35(43)33(20-26-11-7-5-8-12-26)40(23-27-16-17-28(36)21-32(27)38)34(42)24-41(29-18-15-25(2)31(37)22-29)46(44,45)30-13-9-6-10-14-30/h5-18,21-22,33H,3-4,19-20,23-24H2,1-2H3,(H,39,43)/t33-/m0/s1. The van der Waals surface area contributed by atoms with Crippen molar-refractivity contribution in [2.24, 2.45) is 0 Å². The van der Waals surface area contributed by atoms with Gasteiger partial charge in [-0.05, 0) is 66.4 Å². The Kier molecular flexibility index (Phi) is 12.5. The summed E-state index contributed by atoms with van der Waals surface area (Å²) >= 11 is 19.2. The first kappa shape index (κ1) is 35.3. The van der Waals surface area contributed by atoms with Gasteiger partial charge in [-0.15, -0.1) is 0 Å². The number of benzene rings is 4. The summed E-state index contributed by atoms with van der Waals surface area (Å²) in [5.74, 6) is -0.958. The Bertz CT molecular complexity index is 1760. The van der Waals surface area contributed by atoms with Crippen LogP contribution in [0.25, 0.3) is 0 Å². The second kappa shape index (κ2) is 16.3. The highest BCUT2D eigenvalue weighted by Crippen LogP contribution is 2.29. The molecule has 1 N–H and O–H groups in total. The summed E-state index contributed by atoms with van der Waals surface area (Å²) in [6.07, 6.45) is 1.83. The van der Waals surface area contributed by atoms with Gasteiger partial charge < -0.3 is 10.2 Å². The summed E-state index contributed by atoms with van der Waals surface area (Å²) in [5, 5.41) is 4.05. The maximum atomic E-state index is 14.5. The zero-order chi connectivity index (χ0) is 33.3. The molecular formula is C35H36Cl3N3O4S. The molecule has 0 aliphatic carbocycles. The Balaban J connectivity index is 1.82. The second-order valence-corrected chi connectivity index (χ2v) is 14.0. The van der Waals surface area contributed by atoms with Crippen LogP contribution in [0.1, 0.15) is 36.5 Å². The van der Waals surface area contributed by atoms with E-state index in [0.29, 0.717) is 27.2 Å². The summed E-state index contributed by atoms with van der Waals surface area (Å²) in [7, 11) is -4.24. The Hall–Kier alpha value is -3.56. The van der Waals surface area contributed by atoms with Gasteiger partial charge in [0.25, 0.3) is 10.0 Å². The summed E-state index contributed by atoms with van der Waals surface area (Å²) in [5.41, 5.74) is 2.34. The number of unbranched alkanes of at least 4 members (excludes halogenated alkanes) is 1. The molecule has 7 nitrogen and oxygen atoms in total. The molecule has 0 unspecified atom stereocenters. The number of hydrogen-bond donors (Lipinski definition) is 1. The van der Waals surface area contributed by atoms with E-state index in [2.05, 4.69) is 5.32 Å². The fourth-order valence-electron chi connectivity index (χ4n) is 4.88. The quantitative estimate of drug-likeness (QED) is 0.137. The highest BCUT2D eigenvalue weighted by Gasteiger charge is 2.35. The fraction of sp³-hybridized carbons (Fsp3) is 0.257. The van der Waals surface area contributed by atoms with Gasteiger partial charge in [-0.3, -0.25) is 13.9 Å². The molecular weight excluding hydrogens is 665 g/mol. The molecule has 46 heavy (non-hydrogen) atoms. The number of aryl methyl sites for hydroxylation is 1. The number of anilines is 1. The van der Waals surface area contributed by atoms with E-state index >= 15 is 0 Å². The number of halogens is 3. The van der Waals surface area contributed by atoms with Crippen LogP contribution in [0.4, 0.5) is 5.69 Å². The number of carbonyl (C=O) groups is 2. The van der Waals surface area contributed by atoms with Gasteiger partial charge in [0.15, 0.2) is 0 Å². The van der Waals surface area contributed by atoms with E-state index in [4.69, 9.17) is 34.8 Å². The average molecular weight is 701 g/mol. The lowest BCUT2D eigenvalue weighted by molar-refractivity contribution is -0.140. The molecule has 0 aromatic heterocycles. The zero-order valence-corrected chi connectivity index (χ0v) is 28.7. The van der Waals surface area contributed by atoms with Crippen LogP contribution in [0.5, 0.6) is 0 Å². The van der Waals surface area contributed by atoms with Crippen molar-refractivity contribution in [2.45, 2.75) is 50.6 Å². The third-order valence-electron chi connectivity index (χ3n) is 7.51. The highest BCUT2D eigenvalue weighted by molar-refractivity contribution is 7.92. The van der Waals surface area contributed by atoms with Crippen molar-refractivity contribution in [3.63, 3.8) is 0 Å². The molecule has 1 atom stereocenters. The van der Waals surface area contributed by atoms with Crippen molar-refractivity contribution in [1.82, 2.24) is 10.2 Å². The van der Waals surface area contributed by atoms with Crippen LogP contribution in [-0.2, 0) is 32.6 Å². The summed E-state index contributed by atoms with van der Waals surface area (Å²) in [6, 6.07) is 26.0. The molecule has 0 radical (unpaired) electrons. The lowest BCUT2D eigenvalue weighted by Crippen LogP contribution is -2.53. The minimum absolute atomic E-state index is 0.00457. The number of amides is 2. The Morgan fingerprint density at radius 2 is 1.52 bits per heavy atom. The van der Waals surface area contributed by atoms with E-state index in [-0.39, 0.29) is 29.5 Å². The van der Waals surface area contributed by atoms with Gasteiger partial charge in [-0.1, -0.05) is 109 Å². The van der Waals surface area contributed by atoms with Crippen LogP contribution in [0.15, 0.2) is 102 Å². The van der Waals surface area contributed by atoms with Crippen LogP contribution in [0.2, 0.25) is 15.1 Å². The van der Waals surface area contributed by atoms with E-state index < -0.39 is 28.5 Å². The van der Waals surface area contributed by atoms with E-state index in [0.717, 1.165) is 28.3 Å². The van der Waals surface area contributed by atoms with Gasteiger partial charge in [0, 0.05) is 34.6 Å². The molecule has 0 saturated carbocycles. The van der Waals surface area contributed by atoms with Crippen molar-refractivity contribution in [3.05, 3.63) is 129 Å². The minimum atomic E-state index is -4.24. The number of rotatable bonds is 14. The van der Waals surface area contributed by atoms with Crippen LogP contribution in [0, 0.1) is 6.92 Å². The monoisotopic (exact) mass is 699 g/mol. The van der Waals surface area contributed by atoms with Crippen LogP contribution in [0.3, 0.4) is 0 Å². The first-order valence-electron chi connectivity index (χ1n) is 14.9. The van der Waals surface area contributed by atoms with Crippen molar-refractivity contribution in [3.8, 4) is 0 Å².